The molecule has 1 unspecified atom stereocenters. The van der Waals surface area contributed by atoms with Crippen LogP contribution in [0.4, 0.5) is 0 Å². The molecule has 2 aromatic carbocycles. The Morgan fingerprint density at radius 2 is 1.93 bits per heavy atom. The Balaban J connectivity index is 0.00000261. The van der Waals surface area contributed by atoms with Crippen molar-refractivity contribution in [1.29, 1.82) is 0 Å². The summed E-state index contributed by atoms with van der Waals surface area (Å²) in [5, 5.41) is 3.85. The molecule has 3 N–H and O–H groups in total. The van der Waals surface area contributed by atoms with Gasteiger partial charge >= 0.3 is 0 Å². The lowest BCUT2D eigenvalue weighted by atomic mass is 9.93. The third-order valence-electron chi connectivity index (χ3n) is 5.25. The van der Waals surface area contributed by atoms with Crippen molar-refractivity contribution < 1.29 is 9.53 Å². The summed E-state index contributed by atoms with van der Waals surface area (Å²) in [5.41, 5.74) is 7.71. The number of nitrogens with one attached hydrogen (secondary N) is 1. The third kappa shape index (κ3) is 4.95. The second-order valence-corrected chi connectivity index (χ2v) is 7.18. The van der Waals surface area contributed by atoms with Gasteiger partial charge in [0, 0.05) is 10.9 Å². The fraction of sp³-hybridized carbons (Fsp3) is 0.381. The highest BCUT2D eigenvalue weighted by molar-refractivity contribution is 6.31. The number of ether oxygens (including phenoxy) is 1. The molecule has 0 saturated heterocycles. The van der Waals surface area contributed by atoms with E-state index in [9.17, 15) is 4.79 Å². The highest BCUT2D eigenvalue weighted by Gasteiger charge is 2.33. The molecular weight excluding hydrogens is 383 g/mol. The van der Waals surface area contributed by atoms with Gasteiger partial charge in [-0.1, -0.05) is 48.4 Å². The first-order valence-electron chi connectivity index (χ1n) is 9.03. The average Bonchev–Trinajstić information content (AvgIpc) is 3.16. The van der Waals surface area contributed by atoms with Crippen LogP contribution in [-0.2, 0) is 4.79 Å². The van der Waals surface area contributed by atoms with E-state index in [1.807, 2.05) is 48.5 Å². The molecule has 1 aliphatic rings. The molecule has 27 heavy (non-hydrogen) atoms. The number of halogens is 2. The zero-order valence-electron chi connectivity index (χ0n) is 15.4. The van der Waals surface area contributed by atoms with Gasteiger partial charge in [0.15, 0.2) is 0 Å². The molecule has 2 aromatic rings. The van der Waals surface area contributed by atoms with E-state index in [0.717, 1.165) is 36.1 Å². The second kappa shape index (κ2) is 9.98. The molecular formula is C21H26Cl2N2O2. The van der Waals surface area contributed by atoms with Crippen molar-refractivity contribution in [2.24, 2.45) is 17.6 Å². The molecule has 146 valence electrons. The molecule has 4 nitrogen and oxygen atoms in total. The van der Waals surface area contributed by atoms with Crippen molar-refractivity contribution in [2.75, 3.05) is 13.7 Å². The van der Waals surface area contributed by atoms with Crippen LogP contribution in [0.15, 0.2) is 48.5 Å². The van der Waals surface area contributed by atoms with Gasteiger partial charge in [0.05, 0.1) is 13.2 Å². The second-order valence-electron chi connectivity index (χ2n) is 6.77. The summed E-state index contributed by atoms with van der Waals surface area (Å²) in [6, 6.07) is 15.0. The Bertz CT molecular complexity index is 752. The summed E-state index contributed by atoms with van der Waals surface area (Å²) in [4.78, 5) is 13.0. The van der Waals surface area contributed by atoms with Gasteiger partial charge in [0.2, 0.25) is 5.91 Å². The minimum Gasteiger partial charge on any atom is -0.497 e. The van der Waals surface area contributed by atoms with E-state index < -0.39 is 0 Å². The zero-order valence-corrected chi connectivity index (χ0v) is 16.9. The van der Waals surface area contributed by atoms with Crippen molar-refractivity contribution in [1.82, 2.24) is 5.32 Å². The number of methoxy groups -OCH3 is 1. The number of benzene rings is 2. The highest BCUT2D eigenvalue weighted by atomic mass is 35.5. The quantitative estimate of drug-likeness (QED) is 0.746. The molecule has 0 aliphatic heterocycles. The van der Waals surface area contributed by atoms with Crippen LogP contribution in [0.2, 0.25) is 5.02 Å². The Labute approximate surface area is 171 Å². The lowest BCUT2D eigenvalue weighted by Gasteiger charge is -2.25. The van der Waals surface area contributed by atoms with Gasteiger partial charge in [-0.2, -0.15) is 0 Å². The molecule has 1 aliphatic carbocycles. The Morgan fingerprint density at radius 3 is 2.56 bits per heavy atom. The number of amides is 1. The van der Waals surface area contributed by atoms with Crippen LogP contribution in [0.5, 0.6) is 5.75 Å². The number of hydrogen-bond donors (Lipinski definition) is 2. The van der Waals surface area contributed by atoms with Crippen molar-refractivity contribution in [3.63, 3.8) is 0 Å². The normalized spacial score (nSPS) is 19.8. The Hall–Kier alpha value is -1.75. The number of nitrogens with two attached hydrogens (primary N) is 1. The number of carbonyl (C=O) groups excluding carboxylic acids is 1. The van der Waals surface area contributed by atoms with E-state index in [1.165, 1.54) is 0 Å². The molecule has 0 aromatic heterocycles. The molecule has 6 heteroatoms. The maximum Gasteiger partial charge on any atom is 0.224 e. The molecule has 1 amide bonds. The summed E-state index contributed by atoms with van der Waals surface area (Å²) in [6.07, 6.45) is 2.97. The SMILES string of the molecule is COc1ccc(C(NC(=O)[C@@H]2CCC[C@@H]2CN)c2ccccc2Cl)cc1.Cl. The highest BCUT2D eigenvalue weighted by Crippen LogP contribution is 2.34. The van der Waals surface area contributed by atoms with E-state index in [2.05, 4.69) is 5.32 Å². The topological polar surface area (TPSA) is 64.3 Å². The molecule has 0 radical (unpaired) electrons. The van der Waals surface area contributed by atoms with E-state index in [0.29, 0.717) is 11.6 Å². The largest absolute Gasteiger partial charge is 0.497 e. The van der Waals surface area contributed by atoms with Crippen LogP contribution < -0.4 is 15.8 Å². The molecule has 0 spiro atoms. The maximum atomic E-state index is 13.0. The maximum absolute atomic E-state index is 13.0. The van der Waals surface area contributed by atoms with Gasteiger partial charge in [-0.15, -0.1) is 12.4 Å². The van der Waals surface area contributed by atoms with E-state index in [-0.39, 0.29) is 36.2 Å². The molecule has 1 fully saturated rings. The lowest BCUT2D eigenvalue weighted by Crippen LogP contribution is -2.37. The van der Waals surface area contributed by atoms with Crippen LogP contribution in [0.3, 0.4) is 0 Å². The summed E-state index contributed by atoms with van der Waals surface area (Å²) in [7, 11) is 1.63. The first kappa shape index (κ1) is 21.5. The third-order valence-corrected chi connectivity index (χ3v) is 5.59. The average molecular weight is 409 g/mol. The van der Waals surface area contributed by atoms with Gasteiger partial charge in [-0.3, -0.25) is 4.79 Å². The summed E-state index contributed by atoms with van der Waals surface area (Å²) in [6.45, 7) is 0.553. The van der Waals surface area contributed by atoms with Gasteiger partial charge in [-0.25, -0.2) is 0 Å². The first-order valence-corrected chi connectivity index (χ1v) is 9.40. The Morgan fingerprint density at radius 1 is 1.22 bits per heavy atom. The summed E-state index contributed by atoms with van der Waals surface area (Å²) >= 11 is 6.43. The molecule has 1 saturated carbocycles. The number of hydrogen-bond acceptors (Lipinski definition) is 3. The van der Waals surface area contributed by atoms with Crippen LogP contribution >= 0.6 is 24.0 Å². The number of rotatable bonds is 6. The molecule has 0 heterocycles. The summed E-state index contributed by atoms with van der Waals surface area (Å²) < 4.78 is 5.24. The van der Waals surface area contributed by atoms with Gasteiger partial charge in [0.25, 0.3) is 0 Å². The van der Waals surface area contributed by atoms with Crippen LogP contribution in [0.25, 0.3) is 0 Å². The monoisotopic (exact) mass is 408 g/mol. The number of carbonyl (C=O) groups is 1. The first-order chi connectivity index (χ1) is 12.6. The fourth-order valence-corrected chi connectivity index (χ4v) is 4.00. The molecule has 3 rings (SSSR count). The molecule has 3 atom stereocenters. The van der Waals surface area contributed by atoms with Crippen LogP contribution in [0, 0.1) is 11.8 Å². The van der Waals surface area contributed by atoms with Gasteiger partial charge < -0.3 is 15.8 Å². The van der Waals surface area contributed by atoms with Gasteiger partial charge in [0.1, 0.15) is 5.75 Å². The fourth-order valence-electron chi connectivity index (χ4n) is 3.76. The van der Waals surface area contributed by atoms with E-state index >= 15 is 0 Å². The smallest absolute Gasteiger partial charge is 0.224 e. The molecule has 0 bridgehead atoms. The standard InChI is InChI=1S/C21H25ClN2O2.ClH/c1-26-16-11-9-14(10-12-16)20(18-6-2-3-8-19(18)22)24-21(25)17-7-4-5-15(17)13-23;/h2-3,6,8-12,15,17,20H,4-5,7,13,23H2,1H3,(H,24,25);1H/t15-,17-,20?;/m1./s1. The lowest BCUT2D eigenvalue weighted by molar-refractivity contribution is -0.126. The van der Waals surface area contributed by atoms with Crippen molar-refractivity contribution in [2.45, 2.75) is 25.3 Å². The van der Waals surface area contributed by atoms with Crippen LogP contribution in [-0.4, -0.2) is 19.6 Å². The minimum atomic E-state index is -0.305. The van der Waals surface area contributed by atoms with E-state index in [4.69, 9.17) is 22.1 Å². The predicted molar refractivity (Wildman–Crippen MR) is 112 cm³/mol. The van der Waals surface area contributed by atoms with Gasteiger partial charge in [-0.05, 0) is 54.6 Å². The van der Waals surface area contributed by atoms with Crippen LogP contribution in [0.1, 0.15) is 36.4 Å². The van der Waals surface area contributed by atoms with Crippen molar-refractivity contribution >= 4 is 29.9 Å². The summed E-state index contributed by atoms with van der Waals surface area (Å²) in [5.74, 6) is 1.07. The predicted octanol–water partition coefficient (Wildman–Crippen LogP) is 4.35. The minimum absolute atomic E-state index is 0. The Kier molecular flexibility index (Phi) is 7.96. The van der Waals surface area contributed by atoms with E-state index in [1.54, 1.807) is 7.11 Å². The van der Waals surface area contributed by atoms with Crippen molar-refractivity contribution in [3.05, 3.63) is 64.7 Å². The van der Waals surface area contributed by atoms with Crippen molar-refractivity contribution in [3.8, 4) is 5.75 Å². The zero-order chi connectivity index (χ0) is 18.5.